The molecule has 2 rings (SSSR count). The van der Waals surface area contributed by atoms with Gasteiger partial charge in [0, 0.05) is 16.9 Å². The molecular weight excluding hydrogens is 332 g/mol. The number of aryl methyl sites for hydroxylation is 2. The molecule has 2 aromatic rings. The van der Waals surface area contributed by atoms with Crippen molar-refractivity contribution in [1.29, 1.82) is 0 Å². The van der Waals surface area contributed by atoms with Crippen LogP contribution in [0.5, 0.6) is 0 Å². The van der Waals surface area contributed by atoms with Crippen molar-refractivity contribution in [2.24, 2.45) is 0 Å². The van der Waals surface area contributed by atoms with Gasteiger partial charge in [0.2, 0.25) is 5.91 Å². The molecule has 0 fully saturated rings. The van der Waals surface area contributed by atoms with E-state index in [0.29, 0.717) is 13.0 Å². The first-order valence-electron chi connectivity index (χ1n) is 6.99. The predicted octanol–water partition coefficient (Wildman–Crippen LogP) is 2.57. The summed E-state index contributed by atoms with van der Waals surface area (Å²) in [6.07, 6.45) is 5.39. The second-order valence-corrected chi connectivity index (χ2v) is 5.96. The Labute approximate surface area is 132 Å². The molecule has 5 nitrogen and oxygen atoms in total. The average molecular weight is 351 g/mol. The molecule has 1 aromatic carbocycles. The molecule has 0 aliphatic carbocycles. The summed E-state index contributed by atoms with van der Waals surface area (Å²) in [4.78, 5) is 15.7. The summed E-state index contributed by atoms with van der Waals surface area (Å²) in [5, 5.41) is 6.99. The Balaban J connectivity index is 1.67. The van der Waals surface area contributed by atoms with E-state index in [-0.39, 0.29) is 11.9 Å². The molecule has 1 heterocycles. The fraction of sp³-hybridized carbons (Fsp3) is 0.400. The highest BCUT2D eigenvalue weighted by Crippen LogP contribution is 2.12. The lowest BCUT2D eigenvalue weighted by molar-refractivity contribution is -0.122. The number of hydrogen-bond acceptors (Lipinski definition) is 3. The van der Waals surface area contributed by atoms with Crippen molar-refractivity contribution in [3.8, 4) is 0 Å². The van der Waals surface area contributed by atoms with E-state index in [1.54, 1.807) is 11.0 Å². The first-order valence-corrected chi connectivity index (χ1v) is 7.79. The SMILES string of the molecule is CC(CCc1ccc(Br)cc1)NC(=O)CCn1cncn1. The molecule has 0 radical (unpaired) electrons. The lowest BCUT2D eigenvalue weighted by Gasteiger charge is -2.14. The van der Waals surface area contributed by atoms with Crippen molar-refractivity contribution in [3.63, 3.8) is 0 Å². The van der Waals surface area contributed by atoms with Crippen LogP contribution in [-0.4, -0.2) is 26.7 Å². The topological polar surface area (TPSA) is 59.8 Å². The zero-order valence-corrected chi connectivity index (χ0v) is 13.6. The van der Waals surface area contributed by atoms with Crippen LogP contribution < -0.4 is 5.32 Å². The Morgan fingerprint density at radius 1 is 1.38 bits per heavy atom. The van der Waals surface area contributed by atoms with Crippen LogP contribution in [0.3, 0.4) is 0 Å². The molecule has 112 valence electrons. The van der Waals surface area contributed by atoms with Crippen LogP contribution in [0.2, 0.25) is 0 Å². The number of aromatic nitrogens is 3. The summed E-state index contributed by atoms with van der Waals surface area (Å²) in [7, 11) is 0. The summed E-state index contributed by atoms with van der Waals surface area (Å²) < 4.78 is 2.74. The van der Waals surface area contributed by atoms with Crippen LogP contribution in [0, 0.1) is 0 Å². The molecule has 1 aromatic heterocycles. The van der Waals surface area contributed by atoms with E-state index in [1.165, 1.54) is 11.9 Å². The largest absolute Gasteiger partial charge is 0.354 e. The van der Waals surface area contributed by atoms with Crippen molar-refractivity contribution in [3.05, 3.63) is 47.0 Å². The fourth-order valence-electron chi connectivity index (χ4n) is 2.02. The smallest absolute Gasteiger partial charge is 0.222 e. The summed E-state index contributed by atoms with van der Waals surface area (Å²) in [5.41, 5.74) is 1.28. The highest BCUT2D eigenvalue weighted by Gasteiger charge is 2.08. The van der Waals surface area contributed by atoms with Gasteiger partial charge in [-0.15, -0.1) is 0 Å². The molecule has 21 heavy (non-hydrogen) atoms. The lowest BCUT2D eigenvalue weighted by Crippen LogP contribution is -2.33. The number of halogens is 1. The molecule has 0 aliphatic rings. The van der Waals surface area contributed by atoms with Crippen LogP contribution in [0.25, 0.3) is 0 Å². The number of carbonyl (C=O) groups is 1. The quantitative estimate of drug-likeness (QED) is 0.834. The summed E-state index contributed by atoms with van der Waals surface area (Å²) in [5.74, 6) is 0.0498. The maximum Gasteiger partial charge on any atom is 0.222 e. The molecular formula is C15H19BrN4O. The lowest BCUT2D eigenvalue weighted by atomic mass is 10.1. The van der Waals surface area contributed by atoms with E-state index in [4.69, 9.17) is 0 Å². The van der Waals surface area contributed by atoms with E-state index in [2.05, 4.69) is 43.5 Å². The molecule has 0 aliphatic heterocycles. The van der Waals surface area contributed by atoms with Crippen LogP contribution in [0.4, 0.5) is 0 Å². The van der Waals surface area contributed by atoms with Crippen LogP contribution in [0.1, 0.15) is 25.3 Å². The number of rotatable bonds is 7. The predicted molar refractivity (Wildman–Crippen MR) is 84.7 cm³/mol. The Morgan fingerprint density at radius 2 is 2.14 bits per heavy atom. The normalized spacial score (nSPS) is 12.1. The van der Waals surface area contributed by atoms with E-state index in [0.717, 1.165) is 17.3 Å². The van der Waals surface area contributed by atoms with Gasteiger partial charge in [-0.1, -0.05) is 28.1 Å². The highest BCUT2D eigenvalue weighted by atomic mass is 79.9. The van der Waals surface area contributed by atoms with Gasteiger partial charge in [-0.05, 0) is 37.5 Å². The van der Waals surface area contributed by atoms with Crippen LogP contribution >= 0.6 is 15.9 Å². The number of benzene rings is 1. The molecule has 1 atom stereocenters. The third-order valence-corrected chi connectivity index (χ3v) is 3.75. The summed E-state index contributed by atoms with van der Waals surface area (Å²) in [6.45, 7) is 2.59. The van der Waals surface area contributed by atoms with Crippen LogP contribution in [-0.2, 0) is 17.8 Å². The van der Waals surface area contributed by atoms with Crippen molar-refractivity contribution >= 4 is 21.8 Å². The molecule has 0 spiro atoms. The minimum absolute atomic E-state index is 0.0498. The van der Waals surface area contributed by atoms with E-state index < -0.39 is 0 Å². The maximum atomic E-state index is 11.8. The van der Waals surface area contributed by atoms with Gasteiger partial charge in [0.1, 0.15) is 12.7 Å². The minimum Gasteiger partial charge on any atom is -0.354 e. The van der Waals surface area contributed by atoms with E-state index >= 15 is 0 Å². The Morgan fingerprint density at radius 3 is 2.81 bits per heavy atom. The second kappa shape index (κ2) is 7.93. The first kappa shape index (κ1) is 15.7. The molecule has 1 N–H and O–H groups in total. The van der Waals surface area contributed by atoms with E-state index in [9.17, 15) is 4.79 Å². The van der Waals surface area contributed by atoms with Crippen molar-refractivity contribution < 1.29 is 4.79 Å². The van der Waals surface area contributed by atoms with Gasteiger partial charge >= 0.3 is 0 Å². The molecule has 1 unspecified atom stereocenters. The van der Waals surface area contributed by atoms with Gasteiger partial charge in [-0.3, -0.25) is 9.48 Å². The number of hydrogen-bond donors (Lipinski definition) is 1. The van der Waals surface area contributed by atoms with Crippen LogP contribution in [0.15, 0.2) is 41.4 Å². The second-order valence-electron chi connectivity index (χ2n) is 5.04. The Hall–Kier alpha value is -1.69. The Bertz CT molecular complexity index is 554. The number of carbonyl (C=O) groups excluding carboxylic acids is 1. The third-order valence-electron chi connectivity index (χ3n) is 3.22. The first-order chi connectivity index (χ1) is 10.1. The number of amides is 1. The molecule has 0 saturated carbocycles. The summed E-state index contributed by atoms with van der Waals surface area (Å²) in [6, 6.07) is 8.44. The zero-order chi connectivity index (χ0) is 15.1. The maximum absolute atomic E-state index is 11.8. The van der Waals surface area contributed by atoms with Gasteiger partial charge in [0.25, 0.3) is 0 Å². The van der Waals surface area contributed by atoms with E-state index in [1.807, 2.05) is 19.1 Å². The zero-order valence-electron chi connectivity index (χ0n) is 12.0. The number of nitrogens with zero attached hydrogens (tertiary/aromatic N) is 3. The molecule has 0 bridgehead atoms. The van der Waals surface area contributed by atoms with Gasteiger partial charge in [-0.25, -0.2) is 4.98 Å². The van der Waals surface area contributed by atoms with Crippen molar-refractivity contribution in [2.75, 3.05) is 0 Å². The molecule has 0 saturated heterocycles. The highest BCUT2D eigenvalue weighted by molar-refractivity contribution is 9.10. The van der Waals surface area contributed by atoms with Gasteiger partial charge in [-0.2, -0.15) is 5.10 Å². The molecule has 1 amide bonds. The van der Waals surface area contributed by atoms with Gasteiger partial charge < -0.3 is 5.32 Å². The fourth-order valence-corrected chi connectivity index (χ4v) is 2.28. The molecule has 6 heteroatoms. The third kappa shape index (κ3) is 5.67. The average Bonchev–Trinajstić information content (AvgIpc) is 2.98. The van der Waals surface area contributed by atoms with Gasteiger partial charge in [0.05, 0.1) is 6.54 Å². The standard InChI is InChI=1S/C15H19BrN4O/c1-12(2-3-13-4-6-14(16)7-5-13)19-15(21)8-9-20-11-17-10-18-20/h4-7,10-12H,2-3,8-9H2,1H3,(H,19,21). The van der Waals surface area contributed by atoms with Crippen molar-refractivity contribution in [2.45, 2.75) is 38.8 Å². The number of nitrogens with one attached hydrogen (secondary N) is 1. The minimum atomic E-state index is 0.0498. The van der Waals surface area contributed by atoms with Crippen molar-refractivity contribution in [1.82, 2.24) is 20.1 Å². The monoisotopic (exact) mass is 350 g/mol. The Kier molecular flexibility index (Phi) is 5.92. The van der Waals surface area contributed by atoms with Gasteiger partial charge in [0.15, 0.2) is 0 Å². The summed E-state index contributed by atoms with van der Waals surface area (Å²) >= 11 is 3.42.